The lowest BCUT2D eigenvalue weighted by atomic mass is 10.3. The van der Waals surface area contributed by atoms with Gasteiger partial charge in [0, 0.05) is 22.9 Å². The molecule has 140 valence electrons. The summed E-state index contributed by atoms with van der Waals surface area (Å²) in [5.74, 6) is -0.172. The van der Waals surface area contributed by atoms with Gasteiger partial charge in [0.2, 0.25) is 0 Å². The van der Waals surface area contributed by atoms with Crippen LogP contribution < -0.4 is 10.6 Å². The molecule has 6 nitrogen and oxygen atoms in total. The van der Waals surface area contributed by atoms with E-state index in [0.29, 0.717) is 25.3 Å². The molecule has 0 fully saturated rings. The lowest BCUT2D eigenvalue weighted by Crippen LogP contribution is -2.35. The highest BCUT2D eigenvalue weighted by atomic mass is 79.9. The van der Waals surface area contributed by atoms with Crippen molar-refractivity contribution in [2.45, 2.75) is 33.2 Å². The van der Waals surface area contributed by atoms with Gasteiger partial charge in [-0.25, -0.2) is 9.78 Å². The Balaban J connectivity index is 2.03. The van der Waals surface area contributed by atoms with Crippen LogP contribution in [0.4, 0.5) is 10.5 Å². The Labute approximate surface area is 166 Å². The van der Waals surface area contributed by atoms with Crippen molar-refractivity contribution in [3.63, 3.8) is 0 Å². The number of halogens is 1. The zero-order valence-corrected chi connectivity index (χ0v) is 17.3. The zero-order chi connectivity index (χ0) is 18.9. The fraction of sp³-hybridized carbons (Fsp3) is 0.389. The minimum absolute atomic E-state index is 0.172. The molecule has 0 unspecified atom stereocenters. The highest BCUT2D eigenvalue weighted by molar-refractivity contribution is 9.10. The van der Waals surface area contributed by atoms with Crippen molar-refractivity contribution in [3.8, 4) is 0 Å². The maximum absolute atomic E-state index is 12.6. The van der Waals surface area contributed by atoms with Gasteiger partial charge in [-0.1, -0.05) is 26.0 Å². The first-order chi connectivity index (χ1) is 12.5. The normalized spacial score (nSPS) is 10.4. The smallest absolute Gasteiger partial charge is 0.322 e. The first-order valence-corrected chi connectivity index (χ1v) is 10.3. The Morgan fingerprint density at radius 1 is 1.23 bits per heavy atom. The summed E-state index contributed by atoms with van der Waals surface area (Å²) in [6, 6.07) is 7.29. The summed E-state index contributed by atoms with van der Waals surface area (Å²) in [5.41, 5.74) is 1.12. The minimum atomic E-state index is -0.189. The number of urea groups is 1. The Hall–Kier alpha value is -1.93. The van der Waals surface area contributed by atoms with Crippen LogP contribution in [-0.2, 0) is 6.54 Å². The van der Waals surface area contributed by atoms with Crippen molar-refractivity contribution in [2.75, 3.05) is 18.4 Å². The van der Waals surface area contributed by atoms with E-state index in [1.165, 1.54) is 11.3 Å². The molecule has 0 atom stereocenters. The number of hydrogen-bond acceptors (Lipinski definition) is 4. The Morgan fingerprint density at radius 2 is 2.00 bits per heavy atom. The molecule has 3 amide bonds. The molecule has 0 aliphatic heterocycles. The molecule has 0 spiro atoms. The van der Waals surface area contributed by atoms with Crippen molar-refractivity contribution in [1.29, 1.82) is 0 Å². The number of rotatable bonds is 8. The number of aromatic nitrogens is 1. The summed E-state index contributed by atoms with van der Waals surface area (Å²) < 4.78 is 0.828. The number of thiazole rings is 1. The van der Waals surface area contributed by atoms with Gasteiger partial charge < -0.3 is 15.5 Å². The number of para-hydroxylation sites is 1. The van der Waals surface area contributed by atoms with Gasteiger partial charge in [0.1, 0.15) is 10.7 Å². The molecule has 1 aromatic heterocycles. The summed E-state index contributed by atoms with van der Waals surface area (Å²) in [6.07, 6.45) is 1.71. The zero-order valence-electron chi connectivity index (χ0n) is 14.9. The van der Waals surface area contributed by atoms with Crippen LogP contribution in [0.2, 0.25) is 0 Å². The maximum atomic E-state index is 12.6. The van der Waals surface area contributed by atoms with Gasteiger partial charge >= 0.3 is 6.03 Å². The van der Waals surface area contributed by atoms with Gasteiger partial charge in [-0.2, -0.15) is 0 Å². The fourth-order valence-corrected chi connectivity index (χ4v) is 3.43. The molecule has 1 heterocycles. The van der Waals surface area contributed by atoms with E-state index in [9.17, 15) is 9.59 Å². The highest BCUT2D eigenvalue weighted by Crippen LogP contribution is 2.22. The van der Waals surface area contributed by atoms with E-state index in [-0.39, 0.29) is 11.9 Å². The summed E-state index contributed by atoms with van der Waals surface area (Å²) >= 11 is 4.82. The molecule has 2 N–H and O–H groups in total. The molecule has 0 saturated heterocycles. The lowest BCUT2D eigenvalue weighted by molar-refractivity contribution is 0.0949. The van der Waals surface area contributed by atoms with Crippen LogP contribution in [0.15, 0.2) is 34.1 Å². The second-order valence-electron chi connectivity index (χ2n) is 5.71. The first-order valence-electron chi connectivity index (χ1n) is 8.58. The van der Waals surface area contributed by atoms with Crippen LogP contribution in [-0.4, -0.2) is 34.9 Å². The summed E-state index contributed by atoms with van der Waals surface area (Å²) in [5, 5.41) is 8.19. The Bertz CT molecular complexity index is 750. The average Bonchev–Trinajstić information content (AvgIpc) is 3.10. The third-order valence-corrected chi connectivity index (χ3v) is 5.07. The van der Waals surface area contributed by atoms with Crippen molar-refractivity contribution >= 4 is 44.9 Å². The number of hydrogen-bond donors (Lipinski definition) is 2. The van der Waals surface area contributed by atoms with Crippen molar-refractivity contribution < 1.29 is 9.59 Å². The van der Waals surface area contributed by atoms with Gasteiger partial charge in [-0.05, 0) is 40.9 Å². The predicted octanol–water partition coefficient (Wildman–Crippen LogP) is 4.49. The Morgan fingerprint density at radius 3 is 2.69 bits per heavy atom. The molecule has 2 aromatic rings. The summed E-state index contributed by atoms with van der Waals surface area (Å²) in [7, 11) is 0. The van der Waals surface area contributed by atoms with E-state index < -0.39 is 0 Å². The van der Waals surface area contributed by atoms with Gasteiger partial charge in [0.15, 0.2) is 0 Å². The fourth-order valence-electron chi connectivity index (χ4n) is 2.26. The number of carbonyl (C=O) groups excluding carboxylic acids is 2. The van der Waals surface area contributed by atoms with E-state index in [0.717, 1.165) is 28.0 Å². The molecule has 0 aliphatic carbocycles. The van der Waals surface area contributed by atoms with E-state index in [4.69, 9.17) is 0 Å². The standard InChI is InChI=1S/C18H23BrN4O2S/c1-3-9-20-17(24)15-12-26-16(21-15)11-23(10-4-2)18(25)22-14-8-6-5-7-13(14)19/h5-8,12H,3-4,9-11H2,1-2H3,(H,20,24)(H,22,25). The highest BCUT2D eigenvalue weighted by Gasteiger charge is 2.17. The molecule has 1 aromatic carbocycles. The van der Waals surface area contributed by atoms with Crippen molar-refractivity contribution in [1.82, 2.24) is 15.2 Å². The first kappa shape index (κ1) is 20.4. The molecule has 2 rings (SSSR count). The van der Waals surface area contributed by atoms with E-state index >= 15 is 0 Å². The number of nitrogens with one attached hydrogen (secondary N) is 2. The van der Waals surface area contributed by atoms with Gasteiger partial charge in [0.05, 0.1) is 12.2 Å². The third kappa shape index (κ3) is 5.81. The molecule has 0 aliphatic rings. The van der Waals surface area contributed by atoms with Crippen molar-refractivity contribution in [2.24, 2.45) is 0 Å². The van der Waals surface area contributed by atoms with Crippen LogP contribution in [0.5, 0.6) is 0 Å². The maximum Gasteiger partial charge on any atom is 0.322 e. The minimum Gasteiger partial charge on any atom is -0.351 e. The third-order valence-electron chi connectivity index (χ3n) is 3.54. The number of benzene rings is 1. The number of nitrogens with zero attached hydrogens (tertiary/aromatic N) is 2. The average molecular weight is 439 g/mol. The Kier molecular flexibility index (Phi) is 8.06. The van der Waals surface area contributed by atoms with Gasteiger partial charge in [-0.3, -0.25) is 4.79 Å². The summed E-state index contributed by atoms with van der Waals surface area (Å²) in [6.45, 7) is 5.62. The van der Waals surface area contributed by atoms with Gasteiger partial charge in [-0.15, -0.1) is 11.3 Å². The molecule has 0 radical (unpaired) electrons. The van der Waals surface area contributed by atoms with Crippen LogP contribution in [0.1, 0.15) is 42.2 Å². The van der Waals surface area contributed by atoms with E-state index in [2.05, 4.69) is 31.5 Å². The lowest BCUT2D eigenvalue weighted by Gasteiger charge is -2.21. The van der Waals surface area contributed by atoms with Crippen molar-refractivity contribution in [3.05, 3.63) is 44.8 Å². The molecule has 26 heavy (non-hydrogen) atoms. The second kappa shape index (κ2) is 10.3. The monoisotopic (exact) mass is 438 g/mol. The quantitative estimate of drug-likeness (QED) is 0.637. The topological polar surface area (TPSA) is 74.3 Å². The number of carbonyl (C=O) groups is 2. The molecule has 0 bridgehead atoms. The SMILES string of the molecule is CCCNC(=O)c1csc(CN(CCC)C(=O)Nc2ccccc2Br)n1. The largest absolute Gasteiger partial charge is 0.351 e. The van der Waals surface area contributed by atoms with Crippen LogP contribution in [0, 0.1) is 0 Å². The predicted molar refractivity (Wildman–Crippen MR) is 109 cm³/mol. The van der Waals surface area contributed by atoms with Crippen LogP contribution >= 0.6 is 27.3 Å². The van der Waals surface area contributed by atoms with Crippen LogP contribution in [0.25, 0.3) is 0 Å². The van der Waals surface area contributed by atoms with Crippen LogP contribution in [0.3, 0.4) is 0 Å². The van der Waals surface area contributed by atoms with E-state index in [1.54, 1.807) is 10.3 Å². The molecule has 0 saturated carbocycles. The van der Waals surface area contributed by atoms with E-state index in [1.807, 2.05) is 38.1 Å². The number of anilines is 1. The molecular formula is C18H23BrN4O2S. The molecule has 8 heteroatoms. The molecular weight excluding hydrogens is 416 g/mol. The number of amides is 3. The second-order valence-corrected chi connectivity index (χ2v) is 7.51. The van der Waals surface area contributed by atoms with Gasteiger partial charge in [0.25, 0.3) is 5.91 Å². The summed E-state index contributed by atoms with van der Waals surface area (Å²) in [4.78, 5) is 30.7.